The van der Waals surface area contributed by atoms with E-state index in [0.29, 0.717) is 39.4 Å². The monoisotopic (exact) mass is 390 g/mol. The molecule has 4 aromatic rings. The molecular weight excluding hydrogens is 372 g/mol. The molecule has 5 rings (SSSR count). The quantitative estimate of drug-likeness (QED) is 0.282. The van der Waals surface area contributed by atoms with Crippen LogP contribution in [0.3, 0.4) is 0 Å². The molecule has 0 N–H and O–H groups in total. The fourth-order valence-corrected chi connectivity index (χ4v) is 3.44. The Kier molecular flexibility index (Phi) is 3.94. The first-order valence-electron chi connectivity index (χ1n) is 9.40. The van der Waals surface area contributed by atoms with Gasteiger partial charge in [0.25, 0.3) is 0 Å². The number of para-hydroxylation sites is 1. The molecule has 0 radical (unpaired) electrons. The van der Waals surface area contributed by atoms with Crippen LogP contribution in [0.2, 0.25) is 0 Å². The summed E-state index contributed by atoms with van der Waals surface area (Å²) < 4.78 is 22.4. The third-order valence-corrected chi connectivity index (χ3v) is 5.15. The van der Waals surface area contributed by atoms with Gasteiger partial charge in [-0.25, -0.2) is 4.79 Å². The lowest BCUT2D eigenvalue weighted by atomic mass is 10.0. The van der Waals surface area contributed by atoms with Gasteiger partial charge >= 0.3 is 11.6 Å². The second-order valence-electron chi connectivity index (χ2n) is 7.28. The molecule has 1 saturated carbocycles. The van der Waals surface area contributed by atoms with Gasteiger partial charge in [0.05, 0.1) is 13.0 Å². The van der Waals surface area contributed by atoms with Crippen molar-refractivity contribution >= 4 is 27.9 Å². The van der Waals surface area contributed by atoms with Gasteiger partial charge in [-0.3, -0.25) is 4.79 Å². The van der Waals surface area contributed by atoms with Crippen molar-refractivity contribution < 1.29 is 23.1 Å². The topological polar surface area (TPSA) is 78.9 Å². The summed E-state index contributed by atoms with van der Waals surface area (Å²) >= 11 is 0. The number of carbonyl (C=O) groups excluding carboxylic acids is 1. The molecule has 2 aromatic heterocycles. The number of hydrogen-bond acceptors (Lipinski definition) is 6. The highest BCUT2D eigenvalue weighted by molar-refractivity contribution is 5.97. The van der Waals surface area contributed by atoms with Crippen molar-refractivity contribution in [2.45, 2.75) is 19.8 Å². The number of carbonyl (C=O) groups is 1. The van der Waals surface area contributed by atoms with Crippen molar-refractivity contribution in [1.29, 1.82) is 0 Å². The van der Waals surface area contributed by atoms with Crippen LogP contribution in [0.25, 0.3) is 33.3 Å². The first kappa shape index (κ1) is 17.6. The van der Waals surface area contributed by atoms with E-state index < -0.39 is 5.63 Å². The van der Waals surface area contributed by atoms with Crippen LogP contribution in [-0.2, 0) is 4.79 Å². The second-order valence-corrected chi connectivity index (χ2v) is 7.28. The number of furan rings is 1. The highest BCUT2D eigenvalue weighted by atomic mass is 16.5. The van der Waals surface area contributed by atoms with Crippen molar-refractivity contribution in [3.05, 3.63) is 58.4 Å². The van der Waals surface area contributed by atoms with Gasteiger partial charge in [-0.15, -0.1) is 0 Å². The lowest BCUT2D eigenvalue weighted by Crippen LogP contribution is -2.10. The molecule has 0 saturated heterocycles. The summed E-state index contributed by atoms with van der Waals surface area (Å²) in [5.41, 5.74) is 1.81. The fraction of sp³-hybridized carbons (Fsp3) is 0.217. The predicted molar refractivity (Wildman–Crippen MR) is 107 cm³/mol. The van der Waals surface area contributed by atoms with Crippen LogP contribution in [0, 0.1) is 12.8 Å². The Hall–Kier alpha value is -3.54. The molecule has 0 amide bonds. The van der Waals surface area contributed by atoms with E-state index in [9.17, 15) is 9.59 Å². The number of methoxy groups -OCH3 is 1. The summed E-state index contributed by atoms with van der Waals surface area (Å²) in [6.07, 6.45) is 1.73. The van der Waals surface area contributed by atoms with Gasteiger partial charge in [0, 0.05) is 22.4 Å². The number of benzene rings is 2. The predicted octanol–water partition coefficient (Wildman–Crippen LogP) is 4.84. The molecule has 6 nitrogen and oxygen atoms in total. The zero-order chi connectivity index (χ0) is 20.1. The molecular formula is C23H18O6. The molecule has 1 aliphatic carbocycles. The molecule has 29 heavy (non-hydrogen) atoms. The maximum Gasteiger partial charge on any atom is 0.336 e. The maximum atomic E-state index is 12.2. The van der Waals surface area contributed by atoms with E-state index in [4.69, 9.17) is 18.3 Å². The Morgan fingerprint density at radius 2 is 1.90 bits per heavy atom. The summed E-state index contributed by atoms with van der Waals surface area (Å²) in [6.45, 7) is 1.81. The van der Waals surface area contributed by atoms with Crippen LogP contribution in [0.4, 0.5) is 0 Å². The smallest absolute Gasteiger partial charge is 0.336 e. The number of rotatable bonds is 4. The minimum Gasteiger partial charge on any atom is -0.493 e. The fourth-order valence-electron chi connectivity index (χ4n) is 3.44. The normalized spacial score (nSPS) is 13.7. The molecule has 1 fully saturated rings. The Bertz CT molecular complexity index is 1320. The third-order valence-electron chi connectivity index (χ3n) is 5.15. The van der Waals surface area contributed by atoms with Crippen LogP contribution in [0.1, 0.15) is 18.4 Å². The van der Waals surface area contributed by atoms with Gasteiger partial charge in [0.2, 0.25) is 0 Å². The zero-order valence-corrected chi connectivity index (χ0v) is 16.0. The Morgan fingerprint density at radius 3 is 2.66 bits per heavy atom. The van der Waals surface area contributed by atoms with E-state index in [0.717, 1.165) is 23.8 Å². The van der Waals surface area contributed by atoms with Gasteiger partial charge in [0.15, 0.2) is 11.3 Å². The average Bonchev–Trinajstić information content (AvgIpc) is 3.46. The molecule has 2 aromatic carbocycles. The summed E-state index contributed by atoms with van der Waals surface area (Å²) in [7, 11) is 1.58. The SMILES string of the molecule is COc1cccc2cc(-c3cc(=O)oc4cc(C)c(OC(=O)C5CC5)cc34)oc12. The highest BCUT2D eigenvalue weighted by Crippen LogP contribution is 2.38. The third kappa shape index (κ3) is 3.06. The van der Waals surface area contributed by atoms with Gasteiger partial charge in [-0.2, -0.15) is 0 Å². The van der Waals surface area contributed by atoms with Crippen LogP contribution in [0.15, 0.2) is 56.1 Å². The maximum absolute atomic E-state index is 12.2. The molecule has 2 heterocycles. The Morgan fingerprint density at radius 1 is 1.07 bits per heavy atom. The van der Waals surface area contributed by atoms with E-state index in [1.165, 1.54) is 6.07 Å². The molecule has 0 bridgehead atoms. The largest absolute Gasteiger partial charge is 0.493 e. The molecule has 0 aliphatic heterocycles. The standard InChI is InChI=1S/C23H18O6/c1-12-8-19-15(10-18(12)29-23(25)13-6-7-13)16(11-21(24)27-19)20-9-14-4-3-5-17(26-2)22(14)28-20/h3-5,8-11,13H,6-7H2,1-2H3. The van der Waals surface area contributed by atoms with E-state index >= 15 is 0 Å². The van der Waals surface area contributed by atoms with Gasteiger partial charge in [-0.05, 0) is 49.6 Å². The minimum atomic E-state index is -0.484. The molecule has 146 valence electrons. The lowest BCUT2D eigenvalue weighted by Gasteiger charge is -2.10. The minimum absolute atomic E-state index is 0.0129. The van der Waals surface area contributed by atoms with Crippen molar-refractivity contribution in [3.63, 3.8) is 0 Å². The van der Waals surface area contributed by atoms with E-state index in [-0.39, 0.29) is 11.9 Å². The Balaban J connectivity index is 1.70. The Labute approximate surface area is 165 Å². The number of ether oxygens (including phenoxy) is 2. The van der Waals surface area contributed by atoms with E-state index in [1.807, 2.05) is 31.2 Å². The average molecular weight is 390 g/mol. The van der Waals surface area contributed by atoms with Crippen LogP contribution in [0.5, 0.6) is 11.5 Å². The van der Waals surface area contributed by atoms with Crippen molar-refractivity contribution in [2.24, 2.45) is 5.92 Å². The van der Waals surface area contributed by atoms with Crippen molar-refractivity contribution in [2.75, 3.05) is 7.11 Å². The number of aryl methyl sites for hydroxylation is 1. The number of hydrogen-bond donors (Lipinski definition) is 0. The highest BCUT2D eigenvalue weighted by Gasteiger charge is 2.32. The van der Waals surface area contributed by atoms with Crippen molar-refractivity contribution in [3.8, 4) is 22.8 Å². The van der Waals surface area contributed by atoms with Crippen molar-refractivity contribution in [1.82, 2.24) is 0 Å². The van der Waals surface area contributed by atoms with Gasteiger partial charge < -0.3 is 18.3 Å². The molecule has 0 atom stereocenters. The zero-order valence-electron chi connectivity index (χ0n) is 16.0. The van der Waals surface area contributed by atoms with Gasteiger partial charge in [0.1, 0.15) is 17.1 Å². The second kappa shape index (κ2) is 6.51. The summed E-state index contributed by atoms with van der Waals surface area (Å²) in [5, 5.41) is 1.49. The molecule has 1 aliphatic rings. The molecule has 6 heteroatoms. The summed E-state index contributed by atoms with van der Waals surface area (Å²) in [5.74, 6) is 1.33. The summed E-state index contributed by atoms with van der Waals surface area (Å²) in [4.78, 5) is 24.3. The lowest BCUT2D eigenvalue weighted by molar-refractivity contribution is -0.135. The first-order valence-corrected chi connectivity index (χ1v) is 9.40. The van der Waals surface area contributed by atoms with E-state index in [2.05, 4.69) is 0 Å². The van der Waals surface area contributed by atoms with Gasteiger partial charge in [-0.1, -0.05) is 12.1 Å². The van der Waals surface area contributed by atoms with Crippen LogP contribution < -0.4 is 15.1 Å². The van der Waals surface area contributed by atoms with Crippen LogP contribution in [-0.4, -0.2) is 13.1 Å². The van der Waals surface area contributed by atoms with E-state index in [1.54, 1.807) is 19.2 Å². The number of esters is 1. The first-order chi connectivity index (χ1) is 14.0. The molecule has 0 spiro atoms. The number of fused-ring (bicyclic) bond motifs is 2. The molecule has 0 unspecified atom stereocenters. The summed E-state index contributed by atoms with van der Waals surface area (Å²) in [6, 6.07) is 12.3. The van der Waals surface area contributed by atoms with Crippen LogP contribution >= 0.6 is 0 Å².